The van der Waals surface area contributed by atoms with E-state index < -0.39 is 5.91 Å². The van der Waals surface area contributed by atoms with Crippen LogP contribution in [0.25, 0.3) is 6.08 Å². The molecule has 3 rings (SSSR count). The molecule has 1 N–H and O–H groups in total. The molecule has 0 radical (unpaired) electrons. The number of nitrogens with zero attached hydrogens (tertiary/aromatic N) is 2. The molecular weight excluding hydrogens is 466 g/mol. The van der Waals surface area contributed by atoms with Gasteiger partial charge >= 0.3 is 0 Å². The van der Waals surface area contributed by atoms with E-state index in [1.54, 1.807) is 24.3 Å². The highest BCUT2D eigenvalue weighted by Crippen LogP contribution is 2.27. The van der Waals surface area contributed by atoms with E-state index in [2.05, 4.69) is 34.2 Å². The van der Waals surface area contributed by atoms with Crippen molar-refractivity contribution in [3.05, 3.63) is 99.0 Å². The molecule has 158 valence electrons. The van der Waals surface area contributed by atoms with Gasteiger partial charge in [0.1, 0.15) is 24.0 Å². The van der Waals surface area contributed by atoms with Crippen LogP contribution in [0.4, 0.5) is 5.69 Å². The number of halogens is 1. The molecule has 6 heteroatoms. The first kappa shape index (κ1) is 22.8. The number of nitrogens with one attached hydrogen (secondary N) is 1. The first-order valence-electron chi connectivity index (χ1n) is 9.96. The Morgan fingerprint density at radius 1 is 1.09 bits per heavy atom. The number of aryl methyl sites for hydroxylation is 1. The molecule has 0 spiro atoms. The van der Waals surface area contributed by atoms with Crippen molar-refractivity contribution in [2.24, 2.45) is 0 Å². The van der Waals surface area contributed by atoms with Gasteiger partial charge in [-0.2, -0.15) is 10.5 Å². The summed E-state index contributed by atoms with van der Waals surface area (Å²) in [6.07, 6.45) is 2.40. The fourth-order valence-electron chi connectivity index (χ4n) is 3.00. The summed E-state index contributed by atoms with van der Waals surface area (Å²) in [7, 11) is 0. The van der Waals surface area contributed by atoms with Crippen LogP contribution in [0.15, 0.2) is 76.8 Å². The summed E-state index contributed by atoms with van der Waals surface area (Å²) in [5.74, 6) is -0.00806. The molecule has 5 nitrogen and oxygen atoms in total. The summed E-state index contributed by atoms with van der Waals surface area (Å²) < 4.78 is 6.71. The molecule has 0 aliphatic rings. The Bertz CT molecular complexity index is 1240. The first-order chi connectivity index (χ1) is 15.5. The zero-order chi connectivity index (χ0) is 22.9. The van der Waals surface area contributed by atoms with E-state index in [1.807, 2.05) is 48.5 Å². The standard InChI is InChI=1S/C26H20BrN3O2/c1-2-18-7-10-24(11-8-18)30-26(31)22(16-29)13-21-14-23(27)9-12-25(21)32-17-20-6-4-3-5-19(20)15-28/h3-14H,2,17H2,1H3,(H,30,31)/b22-13+. The third kappa shape index (κ3) is 5.85. The van der Waals surface area contributed by atoms with Crippen LogP contribution >= 0.6 is 15.9 Å². The zero-order valence-electron chi connectivity index (χ0n) is 17.4. The third-order valence-electron chi connectivity index (χ3n) is 4.78. The number of anilines is 1. The lowest BCUT2D eigenvalue weighted by atomic mass is 10.1. The van der Waals surface area contributed by atoms with Crippen molar-refractivity contribution in [2.75, 3.05) is 5.32 Å². The van der Waals surface area contributed by atoms with Gasteiger partial charge in [0.25, 0.3) is 5.91 Å². The molecule has 32 heavy (non-hydrogen) atoms. The first-order valence-corrected chi connectivity index (χ1v) is 10.8. The van der Waals surface area contributed by atoms with Gasteiger partial charge in [0, 0.05) is 21.3 Å². The molecular formula is C26H20BrN3O2. The van der Waals surface area contributed by atoms with E-state index in [1.165, 1.54) is 6.08 Å². The quantitative estimate of drug-likeness (QED) is 0.328. The Hall–Kier alpha value is -3.87. The normalized spacial score (nSPS) is 10.7. The minimum Gasteiger partial charge on any atom is -0.488 e. The van der Waals surface area contributed by atoms with E-state index in [0.29, 0.717) is 22.6 Å². The van der Waals surface area contributed by atoms with Crippen LogP contribution in [-0.4, -0.2) is 5.91 Å². The molecule has 0 aliphatic carbocycles. The van der Waals surface area contributed by atoms with Gasteiger partial charge in [0.2, 0.25) is 0 Å². The van der Waals surface area contributed by atoms with E-state index in [0.717, 1.165) is 22.0 Å². The predicted octanol–water partition coefficient (Wildman–Crippen LogP) is 6.01. The third-order valence-corrected chi connectivity index (χ3v) is 5.27. The maximum absolute atomic E-state index is 12.7. The number of rotatable bonds is 7. The lowest BCUT2D eigenvalue weighted by Gasteiger charge is -2.11. The average Bonchev–Trinajstić information content (AvgIpc) is 2.82. The lowest BCUT2D eigenvalue weighted by molar-refractivity contribution is -0.112. The average molecular weight is 486 g/mol. The SMILES string of the molecule is CCc1ccc(NC(=O)/C(C#N)=C/c2cc(Br)ccc2OCc2ccccc2C#N)cc1. The fourth-order valence-corrected chi connectivity index (χ4v) is 3.38. The maximum atomic E-state index is 12.7. The number of hydrogen-bond acceptors (Lipinski definition) is 4. The van der Waals surface area contributed by atoms with Gasteiger partial charge in [-0.25, -0.2) is 0 Å². The topological polar surface area (TPSA) is 85.9 Å². The Morgan fingerprint density at radius 3 is 2.53 bits per heavy atom. The molecule has 0 saturated heterocycles. The molecule has 3 aromatic rings. The minimum atomic E-state index is -0.502. The lowest BCUT2D eigenvalue weighted by Crippen LogP contribution is -2.13. The molecule has 0 fully saturated rings. The maximum Gasteiger partial charge on any atom is 0.266 e. The van der Waals surface area contributed by atoms with Crippen molar-refractivity contribution >= 4 is 33.6 Å². The van der Waals surface area contributed by atoms with Gasteiger partial charge < -0.3 is 10.1 Å². The Kier molecular flexibility index (Phi) is 7.80. The van der Waals surface area contributed by atoms with Gasteiger partial charge in [-0.3, -0.25) is 4.79 Å². The molecule has 0 bridgehead atoms. The molecule has 0 aromatic heterocycles. The number of ether oxygens (including phenoxy) is 1. The monoisotopic (exact) mass is 485 g/mol. The predicted molar refractivity (Wildman–Crippen MR) is 128 cm³/mol. The summed E-state index contributed by atoms with van der Waals surface area (Å²) in [4.78, 5) is 12.7. The van der Waals surface area contributed by atoms with Crippen LogP contribution < -0.4 is 10.1 Å². The number of carbonyl (C=O) groups excluding carboxylic acids is 1. The van der Waals surface area contributed by atoms with E-state index in [9.17, 15) is 15.3 Å². The Labute approximate surface area is 195 Å². The van der Waals surface area contributed by atoms with Gasteiger partial charge in [-0.15, -0.1) is 0 Å². The summed E-state index contributed by atoms with van der Waals surface area (Å²) in [6.45, 7) is 2.24. The van der Waals surface area contributed by atoms with Gasteiger partial charge in [0.05, 0.1) is 11.6 Å². The number of amides is 1. The summed E-state index contributed by atoms with van der Waals surface area (Å²) in [6, 6.07) is 24.1. The summed E-state index contributed by atoms with van der Waals surface area (Å²) >= 11 is 3.42. The number of hydrogen-bond donors (Lipinski definition) is 1. The molecule has 0 saturated carbocycles. The fraction of sp³-hybridized carbons (Fsp3) is 0.115. The van der Waals surface area contributed by atoms with E-state index in [4.69, 9.17) is 4.74 Å². The van der Waals surface area contributed by atoms with Crippen LogP contribution in [0.3, 0.4) is 0 Å². The second-order valence-corrected chi connectivity index (χ2v) is 7.83. The van der Waals surface area contributed by atoms with Gasteiger partial charge in [0.15, 0.2) is 0 Å². The smallest absolute Gasteiger partial charge is 0.266 e. The molecule has 1 amide bonds. The van der Waals surface area contributed by atoms with E-state index in [-0.39, 0.29) is 12.2 Å². The van der Waals surface area contributed by atoms with Crippen molar-refractivity contribution in [1.29, 1.82) is 10.5 Å². The van der Waals surface area contributed by atoms with Crippen molar-refractivity contribution in [2.45, 2.75) is 20.0 Å². The van der Waals surface area contributed by atoms with Crippen molar-refractivity contribution in [3.63, 3.8) is 0 Å². The van der Waals surface area contributed by atoms with Crippen molar-refractivity contribution in [3.8, 4) is 17.9 Å². The highest BCUT2D eigenvalue weighted by Gasteiger charge is 2.13. The van der Waals surface area contributed by atoms with Crippen LogP contribution in [0.5, 0.6) is 5.75 Å². The zero-order valence-corrected chi connectivity index (χ0v) is 19.0. The molecule has 0 heterocycles. The van der Waals surface area contributed by atoms with Gasteiger partial charge in [-0.1, -0.05) is 53.2 Å². The highest BCUT2D eigenvalue weighted by molar-refractivity contribution is 9.10. The van der Waals surface area contributed by atoms with E-state index >= 15 is 0 Å². The largest absolute Gasteiger partial charge is 0.488 e. The highest BCUT2D eigenvalue weighted by atomic mass is 79.9. The second-order valence-electron chi connectivity index (χ2n) is 6.91. The van der Waals surface area contributed by atoms with Gasteiger partial charge in [-0.05, 0) is 54.5 Å². The molecule has 3 aromatic carbocycles. The molecule has 0 aliphatic heterocycles. The minimum absolute atomic E-state index is 0.0510. The van der Waals surface area contributed by atoms with Crippen molar-refractivity contribution in [1.82, 2.24) is 0 Å². The van der Waals surface area contributed by atoms with Crippen molar-refractivity contribution < 1.29 is 9.53 Å². The number of benzene rings is 3. The Morgan fingerprint density at radius 2 is 1.84 bits per heavy atom. The van der Waals surface area contributed by atoms with Crippen LogP contribution in [0.1, 0.15) is 29.2 Å². The van der Waals surface area contributed by atoms with Crippen LogP contribution in [0, 0.1) is 22.7 Å². The second kappa shape index (κ2) is 10.9. The molecule has 0 unspecified atom stereocenters. The molecule has 0 atom stereocenters. The number of nitriles is 2. The Balaban J connectivity index is 1.83. The summed E-state index contributed by atoms with van der Waals surface area (Å²) in [5, 5.41) is 21.6. The van der Waals surface area contributed by atoms with Crippen LogP contribution in [-0.2, 0) is 17.8 Å². The number of carbonyl (C=O) groups is 1. The summed E-state index contributed by atoms with van der Waals surface area (Å²) in [5.41, 5.74) is 3.58. The van der Waals surface area contributed by atoms with Crippen LogP contribution in [0.2, 0.25) is 0 Å².